The first kappa shape index (κ1) is 31.5. The summed E-state index contributed by atoms with van der Waals surface area (Å²) in [6.07, 6.45) is 5.11. The van der Waals surface area contributed by atoms with Crippen molar-refractivity contribution in [2.45, 2.75) is 39.9 Å². The lowest BCUT2D eigenvalue weighted by molar-refractivity contribution is -0.122. The van der Waals surface area contributed by atoms with E-state index in [0.29, 0.717) is 36.7 Å². The topological polar surface area (TPSA) is 98.8 Å². The Balaban J connectivity index is 1.40. The van der Waals surface area contributed by atoms with Crippen LogP contribution in [-0.4, -0.2) is 24.8 Å². The van der Waals surface area contributed by atoms with Gasteiger partial charge >= 0.3 is 0 Å². The van der Waals surface area contributed by atoms with Gasteiger partial charge in [-0.1, -0.05) is 44.5 Å². The number of rotatable bonds is 14. The van der Waals surface area contributed by atoms with Crippen molar-refractivity contribution in [1.29, 1.82) is 0 Å². The van der Waals surface area contributed by atoms with Crippen molar-refractivity contribution in [2.24, 2.45) is 5.10 Å². The first-order valence-corrected chi connectivity index (χ1v) is 13.5. The zero-order valence-electron chi connectivity index (χ0n) is 24.4. The third kappa shape index (κ3) is 9.55. The third-order valence-electron chi connectivity index (χ3n) is 6.55. The Morgan fingerprint density at radius 2 is 1.76 bits per heavy atom. The fraction of sp³-hybridized carbons (Fsp3) is 0.212. The van der Waals surface area contributed by atoms with Crippen LogP contribution in [0.4, 0.5) is 10.1 Å². The molecule has 9 heteroatoms. The second kappa shape index (κ2) is 15.1. The van der Waals surface area contributed by atoms with Crippen LogP contribution in [-0.2, 0) is 17.9 Å². The molecule has 42 heavy (non-hydrogen) atoms. The van der Waals surface area contributed by atoms with E-state index in [1.54, 1.807) is 37.5 Å². The standard InChI is InChI=1S/C33H39FN6O2/c1-21(25(5)35-19-29-10-13-32-31(16-29)39-23(3)20-42-32)14-15-37-38-17-22(2)24(4)26(6)40-27(7)33(41)36-18-28-8-11-30(34)12-9-28/h8-17,27,35,37,39-40H,1,3,5-6,18-20H2,2,4,7H3,(H,36,41)/b15-14-,24-22-,38-17-. The Morgan fingerprint density at radius 1 is 1.07 bits per heavy atom. The van der Waals surface area contributed by atoms with Gasteiger partial charge in [-0.2, -0.15) is 5.10 Å². The van der Waals surface area contributed by atoms with Crippen LogP contribution in [0.15, 0.2) is 120 Å². The van der Waals surface area contributed by atoms with Crippen LogP contribution in [0.5, 0.6) is 5.75 Å². The Bertz CT molecular complexity index is 1440. The van der Waals surface area contributed by atoms with Crippen molar-refractivity contribution in [3.8, 4) is 5.75 Å². The molecule has 8 nitrogen and oxygen atoms in total. The minimum Gasteiger partial charge on any atom is -0.485 e. The highest BCUT2D eigenvalue weighted by atomic mass is 19.1. The molecule has 1 aliphatic heterocycles. The summed E-state index contributed by atoms with van der Waals surface area (Å²) in [5, 5.41) is 16.7. The van der Waals surface area contributed by atoms with Crippen LogP contribution < -0.4 is 31.4 Å². The molecule has 2 aromatic rings. The molecule has 1 unspecified atom stereocenters. The zero-order chi connectivity index (χ0) is 30.6. The number of halogens is 1. The van der Waals surface area contributed by atoms with E-state index < -0.39 is 6.04 Å². The van der Waals surface area contributed by atoms with Gasteiger partial charge in [0.2, 0.25) is 5.91 Å². The third-order valence-corrected chi connectivity index (χ3v) is 6.55. The average Bonchev–Trinajstić information content (AvgIpc) is 2.98. The molecule has 2 aromatic carbocycles. The number of hydrazone groups is 1. The van der Waals surface area contributed by atoms with E-state index in [9.17, 15) is 9.18 Å². The quantitative estimate of drug-likeness (QED) is 0.116. The highest BCUT2D eigenvalue weighted by Crippen LogP contribution is 2.30. The summed E-state index contributed by atoms with van der Waals surface area (Å²) in [6, 6.07) is 11.4. The number of amides is 1. The van der Waals surface area contributed by atoms with E-state index in [0.717, 1.165) is 39.4 Å². The van der Waals surface area contributed by atoms with Gasteiger partial charge < -0.3 is 26.0 Å². The van der Waals surface area contributed by atoms with Gasteiger partial charge in [0.15, 0.2) is 0 Å². The minimum absolute atomic E-state index is 0.191. The maximum absolute atomic E-state index is 13.1. The van der Waals surface area contributed by atoms with Crippen molar-refractivity contribution in [2.75, 3.05) is 11.9 Å². The van der Waals surface area contributed by atoms with E-state index >= 15 is 0 Å². The molecule has 0 aromatic heterocycles. The smallest absolute Gasteiger partial charge is 0.242 e. The molecule has 0 saturated heterocycles. The average molecular weight is 571 g/mol. The molecule has 1 amide bonds. The van der Waals surface area contributed by atoms with Gasteiger partial charge in [0.1, 0.15) is 24.2 Å². The second-order valence-electron chi connectivity index (χ2n) is 9.92. The molecule has 0 fully saturated rings. The van der Waals surface area contributed by atoms with Crippen molar-refractivity contribution in [1.82, 2.24) is 21.4 Å². The molecule has 3 rings (SSSR count). The molecule has 1 heterocycles. The monoisotopic (exact) mass is 570 g/mol. The summed E-state index contributed by atoms with van der Waals surface area (Å²) >= 11 is 0. The molecule has 1 aliphatic rings. The van der Waals surface area contributed by atoms with Crippen molar-refractivity contribution in [3.05, 3.63) is 132 Å². The number of hydrogen-bond donors (Lipinski definition) is 5. The summed E-state index contributed by atoms with van der Waals surface area (Å²) in [4.78, 5) is 12.5. The number of anilines is 1. The minimum atomic E-state index is -0.510. The van der Waals surface area contributed by atoms with Crippen LogP contribution in [0.2, 0.25) is 0 Å². The maximum Gasteiger partial charge on any atom is 0.242 e. The van der Waals surface area contributed by atoms with E-state index in [1.165, 1.54) is 12.1 Å². The van der Waals surface area contributed by atoms with Crippen LogP contribution in [0.3, 0.4) is 0 Å². The summed E-state index contributed by atoms with van der Waals surface area (Å²) in [7, 11) is 0. The first-order chi connectivity index (χ1) is 20.0. The number of carbonyl (C=O) groups excluding carboxylic acids is 1. The number of benzene rings is 2. The number of nitrogens with zero attached hydrogens (tertiary/aromatic N) is 1. The van der Waals surface area contributed by atoms with Crippen molar-refractivity contribution < 1.29 is 13.9 Å². The molecule has 0 radical (unpaired) electrons. The molecular formula is C33H39FN6O2. The second-order valence-corrected chi connectivity index (χ2v) is 9.92. The number of nitrogens with one attached hydrogen (secondary N) is 5. The van der Waals surface area contributed by atoms with E-state index in [-0.39, 0.29) is 11.7 Å². The van der Waals surface area contributed by atoms with Gasteiger partial charge in [0, 0.05) is 36.4 Å². The molecule has 0 bridgehead atoms. The van der Waals surface area contributed by atoms with Gasteiger partial charge in [0.05, 0.1) is 11.9 Å². The predicted molar refractivity (Wildman–Crippen MR) is 169 cm³/mol. The van der Waals surface area contributed by atoms with Crippen LogP contribution in [0.25, 0.3) is 0 Å². The number of fused-ring (bicyclic) bond motifs is 1. The van der Waals surface area contributed by atoms with Crippen LogP contribution >= 0.6 is 0 Å². The molecule has 0 spiro atoms. The molecule has 1 atom stereocenters. The normalized spacial score (nSPS) is 13.8. The molecule has 5 N–H and O–H groups in total. The number of allylic oxidation sites excluding steroid dienone is 3. The maximum atomic E-state index is 13.1. The summed E-state index contributed by atoms with van der Waals surface area (Å²) < 4.78 is 18.7. The van der Waals surface area contributed by atoms with Gasteiger partial charge in [0.25, 0.3) is 0 Å². The first-order valence-electron chi connectivity index (χ1n) is 13.5. The number of hydrogen-bond acceptors (Lipinski definition) is 7. The van der Waals surface area contributed by atoms with E-state index in [1.807, 2.05) is 32.0 Å². The van der Waals surface area contributed by atoms with E-state index in [4.69, 9.17) is 4.74 Å². The lowest BCUT2D eigenvalue weighted by Gasteiger charge is -2.21. The van der Waals surface area contributed by atoms with Gasteiger partial charge in [-0.3, -0.25) is 10.2 Å². The molecule has 0 saturated carbocycles. The van der Waals surface area contributed by atoms with Gasteiger partial charge in [-0.15, -0.1) is 0 Å². The SMILES string of the molecule is C=C1COc2ccc(CNC(=C)C(=C)/C=C\N/N=C\C(C)=C(\C)C(=C)NC(C)C(=O)NCc3ccc(F)cc3)cc2N1. The molecular weight excluding hydrogens is 531 g/mol. The Kier molecular flexibility index (Phi) is 11.3. The summed E-state index contributed by atoms with van der Waals surface area (Å²) in [5.74, 6) is 0.303. The summed E-state index contributed by atoms with van der Waals surface area (Å²) in [5.41, 5.74) is 10.2. The largest absolute Gasteiger partial charge is 0.485 e. The van der Waals surface area contributed by atoms with E-state index in [2.05, 4.69) is 58.1 Å². The fourth-order valence-electron chi connectivity index (χ4n) is 3.75. The Morgan fingerprint density at radius 3 is 2.50 bits per heavy atom. The number of carbonyl (C=O) groups is 1. The fourth-order valence-corrected chi connectivity index (χ4v) is 3.75. The number of ether oxygens (including phenoxy) is 1. The van der Waals surface area contributed by atoms with Gasteiger partial charge in [-0.25, -0.2) is 4.39 Å². The predicted octanol–water partition coefficient (Wildman–Crippen LogP) is 5.54. The zero-order valence-corrected chi connectivity index (χ0v) is 24.4. The highest BCUT2D eigenvalue weighted by Gasteiger charge is 2.14. The van der Waals surface area contributed by atoms with Crippen LogP contribution in [0.1, 0.15) is 31.9 Å². The lowest BCUT2D eigenvalue weighted by atomic mass is 10.1. The Hall–Kier alpha value is -5.05. The molecule has 0 aliphatic carbocycles. The highest BCUT2D eigenvalue weighted by molar-refractivity contribution is 5.82. The van der Waals surface area contributed by atoms with Crippen molar-refractivity contribution >= 4 is 17.8 Å². The lowest BCUT2D eigenvalue weighted by Crippen LogP contribution is -2.41. The van der Waals surface area contributed by atoms with Gasteiger partial charge in [-0.05, 0) is 79.0 Å². The Labute approximate surface area is 247 Å². The van der Waals surface area contributed by atoms with Crippen molar-refractivity contribution in [3.63, 3.8) is 0 Å². The molecule has 220 valence electrons. The van der Waals surface area contributed by atoms with Crippen LogP contribution in [0, 0.1) is 5.82 Å². The summed E-state index contributed by atoms with van der Waals surface area (Å²) in [6.45, 7) is 23.0.